The molecule has 0 radical (unpaired) electrons. The van der Waals surface area contributed by atoms with Crippen molar-refractivity contribution in [3.8, 4) is 0 Å². The lowest BCUT2D eigenvalue weighted by Gasteiger charge is -2.43. The van der Waals surface area contributed by atoms with Gasteiger partial charge >= 0.3 is 0 Å². The number of hydrogen-bond acceptors (Lipinski definition) is 4. The summed E-state index contributed by atoms with van der Waals surface area (Å²) in [6.07, 6.45) is 10.3. The van der Waals surface area contributed by atoms with Crippen LogP contribution in [0.25, 0.3) is 0 Å². The molecule has 4 heterocycles. The van der Waals surface area contributed by atoms with Crippen LogP contribution in [-0.2, 0) is 6.54 Å². The minimum Gasteiger partial charge on any atom is -0.338 e. The Morgan fingerprint density at radius 3 is 2.59 bits per heavy atom. The smallest absolute Gasteiger partial charge is 0.263 e. The summed E-state index contributed by atoms with van der Waals surface area (Å²) >= 11 is 1.91. The molecule has 2 atom stereocenters. The van der Waals surface area contributed by atoms with Crippen LogP contribution in [0.5, 0.6) is 0 Å². The molecule has 1 amide bonds. The molecule has 3 aliphatic heterocycles. The zero-order valence-corrected chi connectivity index (χ0v) is 18.6. The molecule has 0 spiro atoms. The van der Waals surface area contributed by atoms with Crippen LogP contribution in [0.15, 0.2) is 16.9 Å². The lowest BCUT2D eigenvalue weighted by Crippen LogP contribution is -2.48. The van der Waals surface area contributed by atoms with Crippen molar-refractivity contribution in [2.45, 2.75) is 57.4 Å². The maximum absolute atomic E-state index is 13.3. The summed E-state index contributed by atoms with van der Waals surface area (Å²) < 4.78 is 1.94. The van der Waals surface area contributed by atoms with E-state index in [1.807, 2.05) is 27.3 Å². The van der Waals surface area contributed by atoms with Gasteiger partial charge in [0.2, 0.25) is 0 Å². The fraction of sp³-hybridized carbons (Fsp3) is 0.739. The topological polar surface area (TPSA) is 45.6 Å². The summed E-state index contributed by atoms with van der Waals surface area (Å²) in [5.41, 5.74) is 1.47. The molecule has 1 aromatic rings. The second-order valence-corrected chi connectivity index (χ2v) is 10.0. The van der Waals surface area contributed by atoms with Crippen LogP contribution in [0.4, 0.5) is 0 Å². The highest BCUT2D eigenvalue weighted by atomic mass is 32.2. The predicted molar refractivity (Wildman–Crippen MR) is 120 cm³/mol. The first-order valence-electron chi connectivity index (χ1n) is 11.4. The lowest BCUT2D eigenvalue weighted by atomic mass is 9.83. The van der Waals surface area contributed by atoms with Gasteiger partial charge in [0, 0.05) is 44.3 Å². The Hall–Kier alpha value is -1.27. The van der Waals surface area contributed by atoms with Crippen LogP contribution in [0.3, 0.4) is 0 Å². The Morgan fingerprint density at radius 2 is 1.83 bits per heavy atom. The average molecular weight is 418 g/mol. The Balaban J connectivity index is 1.51. The SMILES string of the molecule is CSCCCN1C[C@@H]2C[C@H](C1)c1ccc(C(=O)N3CCCCCCC3)c(=O)n1C2. The summed E-state index contributed by atoms with van der Waals surface area (Å²) in [5.74, 6) is 2.11. The third-order valence-corrected chi connectivity index (χ3v) is 7.57. The summed E-state index contributed by atoms with van der Waals surface area (Å²) in [6, 6.07) is 3.90. The van der Waals surface area contributed by atoms with Crippen LogP contribution >= 0.6 is 11.8 Å². The monoisotopic (exact) mass is 417 g/mol. The predicted octanol–water partition coefficient (Wildman–Crippen LogP) is 3.43. The van der Waals surface area contributed by atoms with Gasteiger partial charge in [-0.3, -0.25) is 9.59 Å². The van der Waals surface area contributed by atoms with Gasteiger partial charge in [-0.2, -0.15) is 11.8 Å². The van der Waals surface area contributed by atoms with Crippen molar-refractivity contribution in [3.63, 3.8) is 0 Å². The van der Waals surface area contributed by atoms with Crippen molar-refractivity contribution in [1.29, 1.82) is 0 Å². The molecule has 0 aliphatic carbocycles. The van der Waals surface area contributed by atoms with Crippen molar-refractivity contribution in [2.75, 3.05) is 44.7 Å². The molecule has 2 saturated heterocycles. The van der Waals surface area contributed by atoms with E-state index in [4.69, 9.17) is 0 Å². The molecule has 0 saturated carbocycles. The van der Waals surface area contributed by atoms with E-state index in [1.54, 1.807) is 0 Å². The summed E-state index contributed by atoms with van der Waals surface area (Å²) in [7, 11) is 0. The van der Waals surface area contributed by atoms with E-state index in [1.165, 1.54) is 37.9 Å². The normalized spacial score (nSPS) is 25.2. The Morgan fingerprint density at radius 1 is 1.07 bits per heavy atom. The maximum atomic E-state index is 13.3. The molecule has 1 aromatic heterocycles. The van der Waals surface area contributed by atoms with Crippen molar-refractivity contribution < 1.29 is 4.79 Å². The van der Waals surface area contributed by atoms with E-state index in [0.717, 1.165) is 57.8 Å². The number of likely N-dealkylation sites (tertiary alicyclic amines) is 2. The summed E-state index contributed by atoms with van der Waals surface area (Å²) in [4.78, 5) is 30.9. The molecule has 0 aromatic carbocycles. The third-order valence-electron chi connectivity index (χ3n) is 6.88. The van der Waals surface area contributed by atoms with Gasteiger partial charge in [-0.1, -0.05) is 19.3 Å². The first kappa shape index (κ1) is 21.0. The molecule has 6 heteroatoms. The van der Waals surface area contributed by atoms with E-state index in [0.29, 0.717) is 17.4 Å². The number of aromatic nitrogens is 1. The Kier molecular flexibility index (Phi) is 7.01. The van der Waals surface area contributed by atoms with Gasteiger partial charge in [0.05, 0.1) is 0 Å². The van der Waals surface area contributed by atoms with E-state index >= 15 is 0 Å². The lowest BCUT2D eigenvalue weighted by molar-refractivity contribution is 0.0737. The highest BCUT2D eigenvalue weighted by Gasteiger charge is 2.35. The van der Waals surface area contributed by atoms with Crippen LogP contribution in [0, 0.1) is 5.92 Å². The minimum atomic E-state index is -0.0555. The van der Waals surface area contributed by atoms with E-state index in [-0.39, 0.29) is 11.5 Å². The molecule has 29 heavy (non-hydrogen) atoms. The Bertz CT molecular complexity index is 770. The number of hydrogen-bond donors (Lipinski definition) is 0. The molecule has 2 fully saturated rings. The number of fused-ring (bicyclic) bond motifs is 4. The van der Waals surface area contributed by atoms with Gasteiger partial charge in [-0.05, 0) is 62.3 Å². The number of amides is 1. The fourth-order valence-corrected chi connectivity index (χ4v) is 5.86. The maximum Gasteiger partial charge on any atom is 0.263 e. The zero-order valence-electron chi connectivity index (χ0n) is 17.8. The number of rotatable bonds is 5. The van der Waals surface area contributed by atoms with Gasteiger partial charge in [-0.25, -0.2) is 0 Å². The van der Waals surface area contributed by atoms with Crippen LogP contribution in [-0.4, -0.2) is 65.0 Å². The fourth-order valence-electron chi connectivity index (χ4n) is 5.44. The van der Waals surface area contributed by atoms with Gasteiger partial charge in [0.1, 0.15) is 5.56 Å². The molecular weight excluding hydrogens is 382 g/mol. The molecule has 160 valence electrons. The standard InChI is InChI=1S/C23H35N3O2S/c1-29-13-7-10-24-15-18-14-19(17-24)21-9-8-20(23(28)26(21)16-18)22(27)25-11-5-3-2-4-6-12-25/h8-9,18-19H,2-7,10-17H2,1H3/t18-,19+/m0/s1. The van der Waals surface area contributed by atoms with Crippen molar-refractivity contribution in [3.05, 3.63) is 33.7 Å². The van der Waals surface area contributed by atoms with E-state index in [2.05, 4.69) is 17.2 Å². The van der Waals surface area contributed by atoms with Crippen LogP contribution < -0.4 is 5.56 Å². The minimum absolute atomic E-state index is 0.0541. The molecule has 4 rings (SSSR count). The van der Waals surface area contributed by atoms with Crippen LogP contribution in [0.2, 0.25) is 0 Å². The number of nitrogens with zero attached hydrogens (tertiary/aromatic N) is 3. The van der Waals surface area contributed by atoms with Crippen molar-refractivity contribution >= 4 is 17.7 Å². The van der Waals surface area contributed by atoms with Crippen molar-refractivity contribution in [1.82, 2.24) is 14.4 Å². The summed E-state index contributed by atoms with van der Waals surface area (Å²) in [5, 5.41) is 0. The molecule has 2 bridgehead atoms. The average Bonchev–Trinajstić information content (AvgIpc) is 2.68. The van der Waals surface area contributed by atoms with Gasteiger partial charge in [0.15, 0.2) is 0 Å². The third kappa shape index (κ3) is 4.74. The number of thioether (sulfide) groups is 1. The molecular formula is C23H35N3O2S. The molecule has 0 N–H and O–H groups in total. The number of carbonyl (C=O) groups excluding carboxylic acids is 1. The van der Waals surface area contributed by atoms with Gasteiger partial charge in [0.25, 0.3) is 11.5 Å². The summed E-state index contributed by atoms with van der Waals surface area (Å²) in [6.45, 7) is 5.63. The largest absolute Gasteiger partial charge is 0.338 e. The zero-order chi connectivity index (χ0) is 20.2. The van der Waals surface area contributed by atoms with Crippen molar-refractivity contribution in [2.24, 2.45) is 5.92 Å². The van der Waals surface area contributed by atoms with E-state index < -0.39 is 0 Å². The molecule has 0 unspecified atom stereocenters. The highest BCUT2D eigenvalue weighted by molar-refractivity contribution is 7.98. The van der Waals surface area contributed by atoms with Gasteiger partial charge < -0.3 is 14.4 Å². The number of piperidine rings is 1. The quantitative estimate of drug-likeness (QED) is 0.689. The second-order valence-electron chi connectivity index (χ2n) is 9.05. The number of pyridine rings is 1. The molecule has 3 aliphatic rings. The number of carbonyl (C=O) groups is 1. The van der Waals surface area contributed by atoms with Crippen LogP contribution in [0.1, 0.15) is 66.9 Å². The second kappa shape index (κ2) is 9.69. The van der Waals surface area contributed by atoms with Gasteiger partial charge in [-0.15, -0.1) is 0 Å². The molecule has 5 nitrogen and oxygen atoms in total. The Labute approximate surface area is 178 Å². The first-order valence-corrected chi connectivity index (χ1v) is 12.8. The highest BCUT2D eigenvalue weighted by Crippen LogP contribution is 2.35. The first-order chi connectivity index (χ1) is 14.2. The van der Waals surface area contributed by atoms with E-state index in [9.17, 15) is 9.59 Å².